The average Bonchev–Trinajstić information content (AvgIpc) is 3.42. The highest BCUT2D eigenvalue weighted by molar-refractivity contribution is 7.99. The Kier molecular flexibility index (Phi) is 6.77. The summed E-state index contributed by atoms with van der Waals surface area (Å²) in [6, 6.07) is 13.8. The summed E-state index contributed by atoms with van der Waals surface area (Å²) in [5.74, 6) is 0.545. The quantitative estimate of drug-likeness (QED) is 0.490. The maximum absolute atomic E-state index is 13.4. The van der Waals surface area contributed by atoms with E-state index in [1.165, 1.54) is 23.9 Å². The fraction of sp³-hybridized carbons (Fsp3) is 0.318. The number of hydrogen-bond donors (Lipinski definition) is 0. The Balaban J connectivity index is 1.51. The molecular formula is C22H23ClFN5OS. The standard InChI is InChI=1S/C22H23ClFN5OS/c1-27(14-16-7-6-8-17(24)13-16)20(30)15-31-22-26-25-21(28-11-4-5-12-28)29(22)19-10-3-2-9-18(19)23/h2-3,6-10,13H,4-5,11-12,14-15H2,1H3. The number of hydrogen-bond acceptors (Lipinski definition) is 5. The monoisotopic (exact) mass is 459 g/mol. The second-order valence-electron chi connectivity index (χ2n) is 7.43. The minimum absolute atomic E-state index is 0.0781. The van der Waals surface area contributed by atoms with Crippen molar-refractivity contribution in [1.82, 2.24) is 19.7 Å². The van der Waals surface area contributed by atoms with Crippen molar-refractivity contribution in [1.29, 1.82) is 0 Å². The molecule has 6 nitrogen and oxygen atoms in total. The van der Waals surface area contributed by atoms with E-state index in [9.17, 15) is 9.18 Å². The molecule has 0 saturated carbocycles. The van der Waals surface area contributed by atoms with Crippen molar-refractivity contribution in [2.24, 2.45) is 0 Å². The summed E-state index contributed by atoms with van der Waals surface area (Å²) in [5, 5.41) is 9.98. The van der Waals surface area contributed by atoms with Crippen molar-refractivity contribution >= 4 is 35.2 Å². The molecule has 1 saturated heterocycles. The predicted molar refractivity (Wildman–Crippen MR) is 121 cm³/mol. The number of aromatic nitrogens is 3. The summed E-state index contributed by atoms with van der Waals surface area (Å²) in [5.41, 5.74) is 1.54. The molecule has 0 N–H and O–H groups in total. The van der Waals surface area contributed by atoms with E-state index in [1.54, 1.807) is 24.1 Å². The zero-order valence-corrected chi connectivity index (χ0v) is 18.7. The lowest BCUT2D eigenvalue weighted by Gasteiger charge is -2.19. The Hall–Kier alpha value is -2.58. The van der Waals surface area contributed by atoms with Crippen LogP contribution in [-0.4, -0.2) is 51.5 Å². The minimum atomic E-state index is -0.310. The summed E-state index contributed by atoms with van der Waals surface area (Å²) < 4.78 is 15.3. The maximum Gasteiger partial charge on any atom is 0.233 e. The van der Waals surface area contributed by atoms with Crippen LogP contribution in [0.25, 0.3) is 5.69 Å². The van der Waals surface area contributed by atoms with Gasteiger partial charge in [-0.25, -0.2) is 4.39 Å². The molecule has 0 radical (unpaired) electrons. The lowest BCUT2D eigenvalue weighted by Crippen LogP contribution is -2.28. The maximum atomic E-state index is 13.4. The highest BCUT2D eigenvalue weighted by Gasteiger charge is 2.24. The second kappa shape index (κ2) is 9.70. The van der Waals surface area contributed by atoms with Crippen LogP contribution in [-0.2, 0) is 11.3 Å². The van der Waals surface area contributed by atoms with Gasteiger partial charge in [0, 0.05) is 26.7 Å². The predicted octanol–water partition coefficient (Wildman–Crippen LogP) is 4.41. The average molecular weight is 460 g/mol. The van der Waals surface area contributed by atoms with E-state index in [0.29, 0.717) is 16.7 Å². The van der Waals surface area contributed by atoms with Gasteiger partial charge in [-0.05, 0) is 42.7 Å². The fourth-order valence-electron chi connectivity index (χ4n) is 3.56. The molecule has 0 unspecified atom stereocenters. The van der Waals surface area contributed by atoms with Gasteiger partial charge in [0.1, 0.15) is 5.82 Å². The molecule has 9 heteroatoms. The molecular weight excluding hydrogens is 437 g/mol. The summed E-state index contributed by atoms with van der Waals surface area (Å²) in [6.07, 6.45) is 2.22. The Labute approximate surface area is 190 Å². The molecule has 1 aromatic heterocycles. The molecule has 0 atom stereocenters. The van der Waals surface area contributed by atoms with Gasteiger partial charge in [0.25, 0.3) is 0 Å². The first kappa shape index (κ1) is 21.6. The van der Waals surface area contributed by atoms with Gasteiger partial charge in [0.2, 0.25) is 11.9 Å². The van der Waals surface area contributed by atoms with E-state index in [1.807, 2.05) is 28.8 Å². The molecule has 2 heterocycles. The van der Waals surface area contributed by atoms with Crippen molar-refractivity contribution < 1.29 is 9.18 Å². The van der Waals surface area contributed by atoms with E-state index in [0.717, 1.165) is 43.1 Å². The third-order valence-corrected chi connectivity index (χ3v) is 6.39. The van der Waals surface area contributed by atoms with Gasteiger partial charge in [0.05, 0.1) is 16.5 Å². The number of halogens is 2. The molecule has 1 amide bonds. The summed E-state index contributed by atoms with van der Waals surface area (Å²) in [4.78, 5) is 16.5. The molecule has 1 aliphatic heterocycles. The molecule has 0 bridgehead atoms. The van der Waals surface area contributed by atoms with Crippen molar-refractivity contribution in [2.75, 3.05) is 30.8 Å². The first-order valence-corrected chi connectivity index (χ1v) is 11.5. The van der Waals surface area contributed by atoms with Crippen LogP contribution in [0, 0.1) is 5.82 Å². The van der Waals surface area contributed by atoms with Crippen molar-refractivity contribution in [3.8, 4) is 5.69 Å². The zero-order chi connectivity index (χ0) is 21.8. The molecule has 2 aromatic carbocycles. The van der Waals surface area contributed by atoms with Gasteiger partial charge in [-0.15, -0.1) is 10.2 Å². The molecule has 31 heavy (non-hydrogen) atoms. The number of amides is 1. The second-order valence-corrected chi connectivity index (χ2v) is 8.78. The van der Waals surface area contributed by atoms with Crippen LogP contribution in [0.5, 0.6) is 0 Å². The van der Waals surface area contributed by atoms with Gasteiger partial charge in [-0.3, -0.25) is 9.36 Å². The topological polar surface area (TPSA) is 54.3 Å². The first-order valence-electron chi connectivity index (χ1n) is 10.1. The van der Waals surface area contributed by atoms with Gasteiger partial charge in [-0.1, -0.05) is 47.6 Å². The minimum Gasteiger partial charge on any atom is -0.341 e. The fourth-order valence-corrected chi connectivity index (χ4v) is 4.66. The van der Waals surface area contributed by atoms with Crippen LogP contribution < -0.4 is 4.90 Å². The molecule has 1 fully saturated rings. The Morgan fingerprint density at radius 2 is 1.94 bits per heavy atom. The van der Waals surface area contributed by atoms with E-state index in [4.69, 9.17) is 11.6 Å². The van der Waals surface area contributed by atoms with Crippen molar-refractivity contribution in [2.45, 2.75) is 24.5 Å². The summed E-state index contributed by atoms with van der Waals surface area (Å²) >= 11 is 7.79. The van der Waals surface area contributed by atoms with Gasteiger partial charge < -0.3 is 9.80 Å². The van der Waals surface area contributed by atoms with Gasteiger partial charge in [-0.2, -0.15) is 0 Å². The van der Waals surface area contributed by atoms with Crippen LogP contribution >= 0.6 is 23.4 Å². The lowest BCUT2D eigenvalue weighted by molar-refractivity contribution is -0.127. The number of anilines is 1. The molecule has 4 rings (SSSR count). The molecule has 1 aliphatic rings. The van der Waals surface area contributed by atoms with E-state index < -0.39 is 0 Å². The van der Waals surface area contributed by atoms with Crippen molar-refractivity contribution in [3.63, 3.8) is 0 Å². The molecule has 162 valence electrons. The SMILES string of the molecule is CN(Cc1cccc(F)c1)C(=O)CSc1nnc(N2CCCC2)n1-c1ccccc1Cl. The number of thioether (sulfide) groups is 1. The van der Waals surface area contributed by atoms with Gasteiger partial charge >= 0.3 is 0 Å². The number of rotatable bonds is 7. The summed E-state index contributed by atoms with van der Waals surface area (Å²) in [6.45, 7) is 2.18. The Bertz CT molecular complexity index is 1070. The van der Waals surface area contributed by atoms with Gasteiger partial charge in [0.15, 0.2) is 5.16 Å². The summed E-state index contributed by atoms with van der Waals surface area (Å²) in [7, 11) is 1.71. The lowest BCUT2D eigenvalue weighted by atomic mass is 10.2. The highest BCUT2D eigenvalue weighted by atomic mass is 35.5. The van der Waals surface area contributed by atoms with Crippen LogP contribution in [0.4, 0.5) is 10.3 Å². The number of carbonyl (C=O) groups is 1. The Morgan fingerprint density at radius 1 is 1.16 bits per heavy atom. The number of carbonyl (C=O) groups excluding carboxylic acids is 1. The largest absolute Gasteiger partial charge is 0.341 e. The zero-order valence-electron chi connectivity index (χ0n) is 17.2. The smallest absolute Gasteiger partial charge is 0.233 e. The Morgan fingerprint density at radius 3 is 2.68 bits per heavy atom. The highest BCUT2D eigenvalue weighted by Crippen LogP contribution is 2.32. The van der Waals surface area contributed by atoms with Crippen LogP contribution in [0.3, 0.4) is 0 Å². The molecule has 0 spiro atoms. The van der Waals surface area contributed by atoms with E-state index >= 15 is 0 Å². The third-order valence-electron chi connectivity index (χ3n) is 5.16. The van der Waals surface area contributed by atoms with Crippen molar-refractivity contribution in [3.05, 3.63) is 64.9 Å². The number of benzene rings is 2. The third kappa shape index (κ3) is 5.02. The van der Waals surface area contributed by atoms with Crippen LogP contribution in [0.2, 0.25) is 5.02 Å². The van der Waals surface area contributed by atoms with E-state index in [-0.39, 0.29) is 17.5 Å². The normalized spacial score (nSPS) is 13.6. The molecule has 3 aromatic rings. The molecule has 0 aliphatic carbocycles. The van der Waals surface area contributed by atoms with Crippen LogP contribution in [0.1, 0.15) is 18.4 Å². The first-order chi connectivity index (χ1) is 15.0. The van der Waals surface area contributed by atoms with E-state index in [2.05, 4.69) is 15.1 Å². The number of nitrogens with zero attached hydrogens (tertiary/aromatic N) is 5. The van der Waals surface area contributed by atoms with Crippen LogP contribution in [0.15, 0.2) is 53.7 Å². The number of para-hydroxylation sites is 1.